The Morgan fingerprint density at radius 2 is 1.89 bits per heavy atom. The number of benzene rings is 3. The molecule has 2 aromatic heterocycles. The first-order valence-electron chi connectivity index (χ1n) is 12.5. The fourth-order valence-corrected chi connectivity index (χ4v) is 5.09. The van der Waals surface area contributed by atoms with Crippen molar-refractivity contribution in [3.05, 3.63) is 96.4 Å². The molecule has 7 nitrogen and oxygen atoms in total. The molecule has 0 aliphatic carbocycles. The number of rotatable bonds is 7. The number of hydrogen-bond donors (Lipinski definition) is 2. The average molecular weight is 509 g/mol. The number of pyridine rings is 1. The Morgan fingerprint density at radius 3 is 2.66 bits per heavy atom. The second kappa shape index (κ2) is 10.1. The van der Waals surface area contributed by atoms with Gasteiger partial charge in [0.15, 0.2) is 5.82 Å². The summed E-state index contributed by atoms with van der Waals surface area (Å²) in [6.07, 6.45) is 3.44. The van der Waals surface area contributed by atoms with Gasteiger partial charge in [-0.05, 0) is 61.3 Å². The number of carboxylic acids is 1. The van der Waals surface area contributed by atoms with Gasteiger partial charge in [0.05, 0.1) is 17.6 Å². The molecule has 38 heavy (non-hydrogen) atoms. The van der Waals surface area contributed by atoms with Crippen LogP contribution in [0, 0.1) is 5.82 Å². The number of aromatic nitrogens is 3. The monoisotopic (exact) mass is 508 g/mol. The van der Waals surface area contributed by atoms with Crippen molar-refractivity contribution in [1.29, 1.82) is 0 Å². The number of carbonyl (C=O) groups is 1. The highest BCUT2D eigenvalue weighted by Gasteiger charge is 2.30. The molecular weight excluding hydrogens is 483 g/mol. The number of likely N-dealkylation sites (tertiary alicyclic amines) is 1. The van der Waals surface area contributed by atoms with Crippen LogP contribution in [0.2, 0.25) is 0 Å². The molecule has 1 aliphatic rings. The summed E-state index contributed by atoms with van der Waals surface area (Å²) in [5.74, 6) is 0.706. The lowest BCUT2D eigenvalue weighted by Gasteiger charge is -2.25. The first-order chi connectivity index (χ1) is 18.5. The van der Waals surface area contributed by atoms with Crippen molar-refractivity contribution in [1.82, 2.24) is 19.9 Å². The molecule has 0 radical (unpaired) electrons. The number of hydrogen-bond acceptors (Lipinski definition) is 5. The molecular formula is C30H25FN4O3. The summed E-state index contributed by atoms with van der Waals surface area (Å²) in [5, 5.41) is 9.46. The third-order valence-corrected chi connectivity index (χ3v) is 6.85. The molecule has 190 valence electrons. The Balaban J connectivity index is 1.39. The Morgan fingerprint density at radius 1 is 1.08 bits per heavy atom. The van der Waals surface area contributed by atoms with Crippen molar-refractivity contribution in [2.45, 2.75) is 18.9 Å². The lowest BCUT2D eigenvalue weighted by Crippen LogP contribution is -2.29. The molecule has 2 N–H and O–H groups in total. The van der Waals surface area contributed by atoms with E-state index in [2.05, 4.69) is 9.97 Å². The summed E-state index contributed by atoms with van der Waals surface area (Å²) in [7, 11) is 0. The van der Waals surface area contributed by atoms with Crippen molar-refractivity contribution in [3.8, 4) is 34.1 Å². The maximum Gasteiger partial charge on any atom is 0.317 e. The molecule has 1 aliphatic heterocycles. The first-order valence-corrected chi connectivity index (χ1v) is 12.5. The third kappa shape index (κ3) is 4.73. The van der Waals surface area contributed by atoms with Crippen LogP contribution in [0.3, 0.4) is 0 Å². The highest BCUT2D eigenvalue weighted by atomic mass is 19.1. The van der Waals surface area contributed by atoms with Crippen LogP contribution < -0.4 is 4.74 Å². The second-order valence-corrected chi connectivity index (χ2v) is 9.34. The largest absolute Gasteiger partial charge is 0.480 e. The molecule has 6 rings (SSSR count). The number of carboxylic acid groups (broad SMARTS) is 1. The van der Waals surface area contributed by atoms with Crippen LogP contribution in [0.1, 0.15) is 24.4 Å². The fraction of sp³-hybridized carbons (Fsp3) is 0.167. The van der Waals surface area contributed by atoms with Gasteiger partial charge >= 0.3 is 5.97 Å². The molecule has 0 bridgehead atoms. The normalized spacial score (nSPS) is 15.7. The van der Waals surface area contributed by atoms with Crippen LogP contribution in [0.5, 0.6) is 11.5 Å². The summed E-state index contributed by atoms with van der Waals surface area (Å²) in [4.78, 5) is 26.0. The van der Waals surface area contributed by atoms with Crippen molar-refractivity contribution in [2.75, 3.05) is 13.1 Å². The molecule has 8 heteroatoms. The average Bonchev–Trinajstić information content (AvgIpc) is 3.56. The van der Waals surface area contributed by atoms with Gasteiger partial charge in [-0.3, -0.25) is 14.7 Å². The van der Waals surface area contributed by atoms with Crippen molar-refractivity contribution in [2.24, 2.45) is 0 Å². The summed E-state index contributed by atoms with van der Waals surface area (Å²) >= 11 is 0. The predicted molar refractivity (Wildman–Crippen MR) is 142 cm³/mol. The highest BCUT2D eigenvalue weighted by Crippen LogP contribution is 2.41. The Bertz CT molecular complexity index is 1600. The number of halogens is 1. The Labute approximate surface area is 218 Å². The van der Waals surface area contributed by atoms with E-state index >= 15 is 0 Å². The number of imidazole rings is 1. The van der Waals surface area contributed by atoms with E-state index < -0.39 is 5.97 Å². The van der Waals surface area contributed by atoms with Gasteiger partial charge in [-0.1, -0.05) is 36.4 Å². The zero-order chi connectivity index (χ0) is 26.1. The minimum atomic E-state index is -0.858. The number of nitrogens with one attached hydrogen (secondary N) is 1. The number of H-pyrrole nitrogens is 1. The lowest BCUT2D eigenvalue weighted by atomic mass is 10.0. The van der Waals surface area contributed by atoms with E-state index in [-0.39, 0.29) is 18.4 Å². The second-order valence-electron chi connectivity index (χ2n) is 9.34. The van der Waals surface area contributed by atoms with E-state index in [4.69, 9.17) is 9.72 Å². The smallest absolute Gasteiger partial charge is 0.317 e. The van der Waals surface area contributed by atoms with Crippen LogP contribution in [-0.2, 0) is 4.79 Å². The van der Waals surface area contributed by atoms with Gasteiger partial charge in [0.2, 0.25) is 0 Å². The molecule has 1 fully saturated rings. The van der Waals surface area contributed by atoms with E-state index in [0.29, 0.717) is 29.4 Å². The van der Waals surface area contributed by atoms with E-state index in [1.807, 2.05) is 59.5 Å². The van der Waals surface area contributed by atoms with Crippen LogP contribution in [0.4, 0.5) is 4.39 Å². The molecule has 1 atom stereocenters. The number of fused-ring (bicyclic) bond motifs is 1. The number of nitrogens with zero attached hydrogens (tertiary/aromatic N) is 3. The summed E-state index contributed by atoms with van der Waals surface area (Å²) in [5.41, 5.74) is 4.44. The Hall–Kier alpha value is -4.56. The summed E-state index contributed by atoms with van der Waals surface area (Å²) in [6.45, 7) is 0.662. The SMILES string of the molecule is O=C(O)CN1CCCC1c1cc2[nH]c(-c3ccccn3)nc2cc1Oc1ccc(-c2ccccc2F)cc1. The van der Waals surface area contributed by atoms with Gasteiger partial charge in [-0.25, -0.2) is 9.37 Å². The lowest BCUT2D eigenvalue weighted by molar-refractivity contribution is -0.138. The zero-order valence-electron chi connectivity index (χ0n) is 20.5. The maximum atomic E-state index is 14.3. The predicted octanol–water partition coefficient (Wildman–Crippen LogP) is 6.44. The van der Waals surface area contributed by atoms with Gasteiger partial charge < -0.3 is 14.8 Å². The molecule has 3 aromatic carbocycles. The minimum Gasteiger partial charge on any atom is -0.480 e. The fourth-order valence-electron chi connectivity index (χ4n) is 5.09. The minimum absolute atomic E-state index is 0.0400. The van der Waals surface area contributed by atoms with E-state index in [1.165, 1.54) is 6.07 Å². The highest BCUT2D eigenvalue weighted by molar-refractivity contribution is 5.82. The standard InChI is InChI=1S/C30H25FN4O3/c31-23-7-2-1-6-21(23)19-10-12-20(13-11-19)38-28-17-26-25(33-30(34-26)24-8-3-4-14-32-24)16-22(28)27-9-5-15-35(27)18-29(36)37/h1-4,6-8,10-14,16-17,27H,5,9,15,18H2,(H,33,34)(H,36,37). The number of aliphatic carboxylic acids is 1. The number of ether oxygens (including phenoxy) is 1. The maximum absolute atomic E-state index is 14.3. The molecule has 5 aromatic rings. The zero-order valence-corrected chi connectivity index (χ0v) is 20.5. The summed E-state index contributed by atoms with van der Waals surface area (Å²) in [6, 6.07) is 23.3. The van der Waals surface area contributed by atoms with E-state index in [1.54, 1.807) is 24.4 Å². The molecule has 0 spiro atoms. The van der Waals surface area contributed by atoms with E-state index in [0.717, 1.165) is 40.7 Å². The van der Waals surface area contributed by atoms with Gasteiger partial charge in [0.25, 0.3) is 0 Å². The molecule has 1 saturated heterocycles. The van der Waals surface area contributed by atoms with Crippen LogP contribution in [0.25, 0.3) is 33.7 Å². The van der Waals surface area contributed by atoms with Gasteiger partial charge in [0.1, 0.15) is 23.0 Å². The van der Waals surface area contributed by atoms with Crippen molar-refractivity contribution < 1.29 is 19.0 Å². The van der Waals surface area contributed by atoms with Crippen molar-refractivity contribution in [3.63, 3.8) is 0 Å². The van der Waals surface area contributed by atoms with Crippen molar-refractivity contribution >= 4 is 17.0 Å². The Kier molecular flexibility index (Phi) is 6.31. The van der Waals surface area contributed by atoms with E-state index in [9.17, 15) is 14.3 Å². The topological polar surface area (TPSA) is 91.3 Å². The molecule has 0 saturated carbocycles. The molecule has 1 unspecified atom stereocenters. The molecule has 3 heterocycles. The summed E-state index contributed by atoms with van der Waals surface area (Å²) < 4.78 is 20.6. The van der Waals surface area contributed by atoms with Crippen LogP contribution >= 0.6 is 0 Å². The molecule has 0 amide bonds. The van der Waals surface area contributed by atoms with Gasteiger partial charge in [-0.15, -0.1) is 0 Å². The van der Waals surface area contributed by atoms with Gasteiger partial charge in [0, 0.05) is 29.4 Å². The first kappa shape index (κ1) is 23.8. The quantitative estimate of drug-likeness (QED) is 0.263. The van der Waals surface area contributed by atoms with Gasteiger partial charge in [-0.2, -0.15) is 0 Å². The van der Waals surface area contributed by atoms with Crippen LogP contribution in [0.15, 0.2) is 85.1 Å². The van der Waals surface area contributed by atoms with Crippen LogP contribution in [-0.4, -0.2) is 44.0 Å². The number of aromatic amines is 1. The third-order valence-electron chi connectivity index (χ3n) is 6.85.